The second kappa shape index (κ2) is 3.94. The van der Waals surface area contributed by atoms with Crippen LogP contribution in [0.1, 0.15) is 50.0 Å². The van der Waals surface area contributed by atoms with E-state index < -0.39 is 0 Å². The molecule has 20 heavy (non-hydrogen) atoms. The number of nitrogens with one attached hydrogen (secondary N) is 1. The van der Waals surface area contributed by atoms with E-state index in [0.717, 1.165) is 29.3 Å². The predicted octanol–water partition coefficient (Wildman–Crippen LogP) is 5.07. The van der Waals surface area contributed by atoms with Gasteiger partial charge in [0.2, 0.25) is 0 Å². The molecule has 4 fully saturated rings. The van der Waals surface area contributed by atoms with E-state index in [1.807, 2.05) is 6.07 Å². The molecular formula is C18H22ClN. The van der Waals surface area contributed by atoms with Crippen LogP contribution in [0.4, 0.5) is 5.69 Å². The number of hydrogen-bond donors (Lipinski definition) is 1. The third-order valence-electron chi connectivity index (χ3n) is 6.71. The average Bonchev–Trinajstić information content (AvgIpc) is 2.80. The Kier molecular flexibility index (Phi) is 2.35. The van der Waals surface area contributed by atoms with Crippen LogP contribution < -0.4 is 5.32 Å². The molecule has 1 aromatic rings. The second-order valence-electron chi connectivity index (χ2n) is 7.94. The minimum Gasteiger partial charge on any atom is -0.384 e. The zero-order chi connectivity index (χ0) is 13.3. The van der Waals surface area contributed by atoms with E-state index in [1.165, 1.54) is 49.8 Å². The van der Waals surface area contributed by atoms with Crippen LogP contribution in [0.25, 0.3) is 0 Å². The monoisotopic (exact) mass is 287 g/mol. The van der Waals surface area contributed by atoms with Crippen LogP contribution in [0.3, 0.4) is 0 Å². The van der Waals surface area contributed by atoms with E-state index in [2.05, 4.69) is 17.4 Å². The van der Waals surface area contributed by atoms with Gasteiger partial charge in [0.05, 0.1) is 0 Å². The topological polar surface area (TPSA) is 12.0 Å². The first-order valence-corrected chi connectivity index (χ1v) is 8.63. The molecule has 0 aromatic heterocycles. The molecule has 1 atom stereocenters. The molecule has 2 heteroatoms. The highest BCUT2D eigenvalue weighted by Crippen LogP contribution is 2.65. The highest BCUT2D eigenvalue weighted by molar-refractivity contribution is 6.30. The van der Waals surface area contributed by atoms with Crippen molar-refractivity contribution in [3.05, 3.63) is 28.8 Å². The standard InChI is InChI=1S/C18H22ClN/c19-14-1-2-17-15(6-14)16(10-20-17)18-7-11-3-12(8-18)5-13(4-11)9-18/h1-2,6,11-13,16,20H,3-5,7-10H2. The van der Waals surface area contributed by atoms with E-state index in [0.29, 0.717) is 11.3 Å². The maximum absolute atomic E-state index is 6.27. The third kappa shape index (κ3) is 1.56. The van der Waals surface area contributed by atoms with Gasteiger partial charge >= 0.3 is 0 Å². The summed E-state index contributed by atoms with van der Waals surface area (Å²) in [5.41, 5.74) is 3.45. The molecule has 6 rings (SSSR count). The summed E-state index contributed by atoms with van der Waals surface area (Å²) in [5.74, 6) is 3.81. The lowest BCUT2D eigenvalue weighted by Gasteiger charge is -2.59. The van der Waals surface area contributed by atoms with Gasteiger partial charge in [-0.3, -0.25) is 0 Å². The summed E-state index contributed by atoms with van der Waals surface area (Å²) in [4.78, 5) is 0. The molecule has 106 valence electrons. The van der Waals surface area contributed by atoms with E-state index >= 15 is 0 Å². The number of halogens is 1. The Labute approximate surface area is 126 Å². The summed E-state index contributed by atoms with van der Waals surface area (Å²) < 4.78 is 0. The van der Waals surface area contributed by atoms with Gasteiger partial charge < -0.3 is 5.32 Å². The van der Waals surface area contributed by atoms with Crippen molar-refractivity contribution in [2.45, 2.75) is 44.4 Å². The van der Waals surface area contributed by atoms with Crippen LogP contribution in [-0.4, -0.2) is 6.54 Å². The van der Waals surface area contributed by atoms with Gasteiger partial charge in [0, 0.05) is 23.2 Å². The van der Waals surface area contributed by atoms with Gasteiger partial charge in [-0.1, -0.05) is 11.6 Å². The van der Waals surface area contributed by atoms with Gasteiger partial charge in [-0.25, -0.2) is 0 Å². The van der Waals surface area contributed by atoms with Crippen molar-refractivity contribution in [1.29, 1.82) is 0 Å². The van der Waals surface area contributed by atoms with Gasteiger partial charge in [0.1, 0.15) is 0 Å². The van der Waals surface area contributed by atoms with Crippen molar-refractivity contribution in [1.82, 2.24) is 0 Å². The van der Waals surface area contributed by atoms with Gasteiger partial charge in [0.25, 0.3) is 0 Å². The highest BCUT2D eigenvalue weighted by Gasteiger charge is 2.55. The predicted molar refractivity (Wildman–Crippen MR) is 83.3 cm³/mol. The summed E-state index contributed by atoms with van der Waals surface area (Å²) in [6.45, 7) is 1.14. The molecule has 0 saturated heterocycles. The van der Waals surface area contributed by atoms with Gasteiger partial charge in [-0.05, 0) is 85.5 Å². The summed E-state index contributed by atoms with van der Waals surface area (Å²) in [7, 11) is 0. The summed E-state index contributed by atoms with van der Waals surface area (Å²) in [5, 5.41) is 4.55. The normalized spacial score (nSPS) is 44.5. The smallest absolute Gasteiger partial charge is 0.0410 e. The first kappa shape index (κ1) is 11.9. The molecule has 1 nitrogen and oxygen atoms in total. The summed E-state index contributed by atoms with van der Waals surface area (Å²) in [6.07, 6.45) is 9.04. The molecular weight excluding hydrogens is 266 g/mol. The lowest BCUT2D eigenvalue weighted by atomic mass is 9.46. The first-order valence-electron chi connectivity index (χ1n) is 8.25. The molecule has 0 spiro atoms. The molecule has 1 aromatic carbocycles. The Bertz CT molecular complexity index is 529. The van der Waals surface area contributed by atoms with Crippen LogP contribution in [0.2, 0.25) is 5.02 Å². The van der Waals surface area contributed by atoms with Crippen LogP contribution in [0.15, 0.2) is 18.2 Å². The molecule has 1 N–H and O–H groups in total. The quantitative estimate of drug-likeness (QED) is 0.761. The Morgan fingerprint density at radius 2 is 1.65 bits per heavy atom. The Morgan fingerprint density at radius 1 is 1.00 bits per heavy atom. The lowest BCUT2D eigenvalue weighted by Crippen LogP contribution is -2.49. The lowest BCUT2D eigenvalue weighted by molar-refractivity contribution is -0.0653. The number of benzene rings is 1. The fourth-order valence-electron chi connectivity index (χ4n) is 6.46. The molecule has 5 aliphatic rings. The fraction of sp³-hybridized carbons (Fsp3) is 0.667. The largest absolute Gasteiger partial charge is 0.384 e. The Balaban J connectivity index is 1.57. The zero-order valence-electron chi connectivity index (χ0n) is 11.9. The number of anilines is 1. The Morgan fingerprint density at radius 3 is 2.30 bits per heavy atom. The van der Waals surface area contributed by atoms with E-state index in [9.17, 15) is 0 Å². The van der Waals surface area contributed by atoms with E-state index in [-0.39, 0.29) is 0 Å². The second-order valence-corrected chi connectivity index (χ2v) is 8.38. The zero-order valence-corrected chi connectivity index (χ0v) is 12.6. The molecule has 4 bridgehead atoms. The van der Waals surface area contributed by atoms with Crippen molar-refractivity contribution in [2.75, 3.05) is 11.9 Å². The summed E-state index contributed by atoms with van der Waals surface area (Å²) in [6, 6.07) is 6.44. The van der Waals surface area contributed by atoms with Crippen molar-refractivity contribution in [3.63, 3.8) is 0 Å². The van der Waals surface area contributed by atoms with E-state index in [1.54, 1.807) is 0 Å². The van der Waals surface area contributed by atoms with Crippen molar-refractivity contribution < 1.29 is 0 Å². The van der Waals surface area contributed by atoms with Crippen LogP contribution in [-0.2, 0) is 0 Å². The van der Waals surface area contributed by atoms with Crippen LogP contribution >= 0.6 is 11.6 Å². The Hall–Kier alpha value is -0.690. The maximum Gasteiger partial charge on any atom is 0.0410 e. The third-order valence-corrected chi connectivity index (χ3v) is 6.95. The summed E-state index contributed by atoms with van der Waals surface area (Å²) >= 11 is 6.27. The maximum atomic E-state index is 6.27. The van der Waals surface area contributed by atoms with Gasteiger partial charge in [-0.15, -0.1) is 0 Å². The molecule has 0 radical (unpaired) electrons. The van der Waals surface area contributed by atoms with Crippen molar-refractivity contribution in [3.8, 4) is 0 Å². The molecule has 4 aliphatic carbocycles. The van der Waals surface area contributed by atoms with Gasteiger partial charge in [0.15, 0.2) is 0 Å². The van der Waals surface area contributed by atoms with Crippen molar-refractivity contribution >= 4 is 17.3 Å². The first-order chi connectivity index (χ1) is 9.72. The van der Waals surface area contributed by atoms with Gasteiger partial charge in [-0.2, -0.15) is 0 Å². The highest BCUT2D eigenvalue weighted by atomic mass is 35.5. The number of fused-ring (bicyclic) bond motifs is 1. The number of rotatable bonds is 1. The average molecular weight is 288 g/mol. The SMILES string of the molecule is Clc1ccc2c(c1)C(C13CC4CC(CC(C4)C1)C3)CN2. The minimum absolute atomic E-state index is 0.595. The molecule has 1 unspecified atom stereocenters. The number of hydrogen-bond acceptors (Lipinski definition) is 1. The minimum atomic E-state index is 0.595. The molecule has 1 heterocycles. The fourth-order valence-corrected chi connectivity index (χ4v) is 6.64. The molecule has 0 amide bonds. The molecule has 1 aliphatic heterocycles. The van der Waals surface area contributed by atoms with Crippen LogP contribution in [0, 0.1) is 23.2 Å². The van der Waals surface area contributed by atoms with E-state index in [4.69, 9.17) is 11.6 Å². The van der Waals surface area contributed by atoms with Crippen LogP contribution in [0.5, 0.6) is 0 Å². The molecule has 4 saturated carbocycles. The van der Waals surface area contributed by atoms with Crippen molar-refractivity contribution in [2.24, 2.45) is 23.2 Å².